The van der Waals surface area contributed by atoms with Gasteiger partial charge in [0.15, 0.2) is 5.11 Å². The Morgan fingerprint density at radius 2 is 2.15 bits per heavy atom. The number of thiophene rings is 1. The van der Waals surface area contributed by atoms with Crippen LogP contribution in [0.15, 0.2) is 22.7 Å². The fraction of sp³-hybridized carbons (Fsp3) is 0.368. The van der Waals surface area contributed by atoms with E-state index in [1.807, 2.05) is 25.1 Å². The minimum Gasteiger partial charge on any atom is -0.465 e. The molecule has 1 aromatic carbocycles. The number of hydrogen-bond acceptors (Lipinski definition) is 4. The second kappa shape index (κ2) is 8.06. The summed E-state index contributed by atoms with van der Waals surface area (Å²) in [6.45, 7) is 4.27. The molecule has 1 aliphatic carbocycles. The van der Waals surface area contributed by atoms with Crippen molar-refractivity contribution < 1.29 is 9.53 Å². The van der Waals surface area contributed by atoms with Gasteiger partial charge in [0, 0.05) is 15.0 Å². The summed E-state index contributed by atoms with van der Waals surface area (Å²) in [5.74, 6) is 0.331. The molecule has 0 fully saturated rings. The van der Waals surface area contributed by atoms with Gasteiger partial charge in [-0.1, -0.05) is 22.9 Å². The molecule has 0 bridgehead atoms. The minimum absolute atomic E-state index is 0.304. The molecule has 2 N–H and O–H groups in total. The van der Waals surface area contributed by atoms with Gasteiger partial charge < -0.3 is 15.4 Å². The zero-order chi connectivity index (χ0) is 18.8. The molecule has 1 aromatic heterocycles. The number of ether oxygens (including phenoxy) is 1. The normalized spacial score (nSPS) is 15.9. The highest BCUT2D eigenvalue weighted by molar-refractivity contribution is 9.10. The number of halogens is 1. The average molecular weight is 453 g/mol. The van der Waals surface area contributed by atoms with E-state index in [4.69, 9.17) is 17.0 Å². The van der Waals surface area contributed by atoms with Crippen molar-refractivity contribution in [2.75, 3.05) is 17.7 Å². The Hall–Kier alpha value is -1.44. The molecule has 1 heterocycles. The number of aryl methyl sites for hydroxylation is 1. The number of anilines is 2. The predicted octanol–water partition coefficient (Wildman–Crippen LogP) is 5.54. The van der Waals surface area contributed by atoms with Crippen LogP contribution in [-0.4, -0.2) is 18.2 Å². The van der Waals surface area contributed by atoms with E-state index in [-0.39, 0.29) is 5.97 Å². The van der Waals surface area contributed by atoms with Crippen LogP contribution in [0.2, 0.25) is 0 Å². The van der Waals surface area contributed by atoms with Crippen molar-refractivity contribution in [3.8, 4) is 0 Å². The molecule has 26 heavy (non-hydrogen) atoms. The van der Waals surface area contributed by atoms with Crippen molar-refractivity contribution in [2.24, 2.45) is 5.92 Å². The van der Waals surface area contributed by atoms with Gasteiger partial charge in [-0.3, -0.25) is 0 Å². The molecular formula is C19H21BrN2O2S2. The number of rotatable bonds is 3. The molecule has 3 rings (SSSR count). The van der Waals surface area contributed by atoms with Crippen LogP contribution < -0.4 is 10.6 Å². The van der Waals surface area contributed by atoms with Crippen LogP contribution in [-0.2, 0) is 17.6 Å². The number of esters is 1. The molecular weight excluding hydrogens is 432 g/mol. The van der Waals surface area contributed by atoms with Crippen molar-refractivity contribution in [2.45, 2.75) is 33.1 Å². The fourth-order valence-corrected chi connectivity index (χ4v) is 5.08. The summed E-state index contributed by atoms with van der Waals surface area (Å²) in [6, 6.07) is 5.94. The van der Waals surface area contributed by atoms with Crippen molar-refractivity contribution >= 4 is 61.3 Å². The van der Waals surface area contributed by atoms with Crippen molar-refractivity contribution in [3.63, 3.8) is 0 Å². The summed E-state index contributed by atoms with van der Waals surface area (Å²) < 4.78 is 6.07. The Morgan fingerprint density at radius 1 is 1.38 bits per heavy atom. The lowest BCUT2D eigenvalue weighted by Crippen LogP contribution is -2.20. The van der Waals surface area contributed by atoms with Gasteiger partial charge in [-0.15, -0.1) is 11.3 Å². The summed E-state index contributed by atoms with van der Waals surface area (Å²) >= 11 is 10.6. The quantitative estimate of drug-likeness (QED) is 0.472. The maximum Gasteiger partial charge on any atom is 0.341 e. The standard InChI is InChI=1S/C19H21BrN2O2S2/c1-10-4-6-13-15(8-10)26-17(16(13)18(23)24-3)22-19(25)21-12-5-7-14(20)11(2)9-12/h5,7,9-10H,4,6,8H2,1-3H3,(H2,21,22,25). The largest absolute Gasteiger partial charge is 0.465 e. The second-order valence-corrected chi connectivity index (χ2v) is 8.96. The van der Waals surface area contributed by atoms with Crippen molar-refractivity contribution in [3.05, 3.63) is 44.2 Å². The van der Waals surface area contributed by atoms with Crippen molar-refractivity contribution in [1.29, 1.82) is 0 Å². The molecule has 1 unspecified atom stereocenters. The lowest BCUT2D eigenvalue weighted by molar-refractivity contribution is 0.0601. The molecule has 0 aliphatic heterocycles. The Bertz CT molecular complexity index is 863. The molecule has 0 radical (unpaired) electrons. The summed E-state index contributed by atoms with van der Waals surface area (Å²) in [4.78, 5) is 13.6. The SMILES string of the molecule is COC(=O)c1c(NC(=S)Nc2ccc(Br)c(C)c2)sc2c1CCC(C)C2. The third kappa shape index (κ3) is 4.10. The number of thiocarbonyl (C=S) groups is 1. The highest BCUT2D eigenvalue weighted by Crippen LogP contribution is 2.40. The molecule has 0 amide bonds. The predicted molar refractivity (Wildman–Crippen MR) is 116 cm³/mol. The van der Waals surface area contributed by atoms with Crippen molar-refractivity contribution in [1.82, 2.24) is 0 Å². The van der Waals surface area contributed by atoms with E-state index in [1.165, 1.54) is 12.0 Å². The first-order valence-corrected chi connectivity index (χ1v) is 10.5. The maximum absolute atomic E-state index is 12.3. The molecule has 7 heteroatoms. The van der Waals surface area contributed by atoms with Gasteiger partial charge in [-0.25, -0.2) is 4.79 Å². The lowest BCUT2D eigenvalue weighted by Gasteiger charge is -2.18. The van der Waals surface area contributed by atoms with Crippen LogP contribution in [0.4, 0.5) is 10.7 Å². The van der Waals surface area contributed by atoms with Crippen LogP contribution in [0, 0.1) is 12.8 Å². The van der Waals surface area contributed by atoms with Gasteiger partial charge in [0.1, 0.15) is 5.00 Å². The molecule has 1 aliphatic rings. The summed E-state index contributed by atoms with van der Waals surface area (Å²) in [6.07, 6.45) is 3.00. The topological polar surface area (TPSA) is 50.4 Å². The third-order valence-electron chi connectivity index (χ3n) is 4.54. The van der Waals surface area contributed by atoms with Gasteiger partial charge in [0.2, 0.25) is 0 Å². The first-order valence-electron chi connectivity index (χ1n) is 8.46. The number of methoxy groups -OCH3 is 1. The molecule has 0 saturated carbocycles. The van der Waals surface area contributed by atoms with Gasteiger partial charge in [-0.2, -0.15) is 0 Å². The Kier molecular flexibility index (Phi) is 5.99. The zero-order valence-corrected chi connectivity index (χ0v) is 18.2. The zero-order valence-electron chi connectivity index (χ0n) is 14.9. The first-order chi connectivity index (χ1) is 12.4. The third-order valence-corrected chi connectivity index (χ3v) is 6.81. The van der Waals surface area contributed by atoms with Gasteiger partial charge in [0.25, 0.3) is 0 Å². The van der Waals surface area contributed by atoms with E-state index in [9.17, 15) is 4.79 Å². The van der Waals surface area contributed by atoms with E-state index in [2.05, 4.69) is 33.5 Å². The first kappa shape index (κ1) is 19.3. The summed E-state index contributed by atoms with van der Waals surface area (Å²) in [5.41, 5.74) is 3.77. The number of nitrogens with one attached hydrogen (secondary N) is 2. The number of carbonyl (C=O) groups is 1. The van der Waals surface area contributed by atoms with Crippen LogP contribution in [0.1, 0.15) is 39.7 Å². The molecule has 0 saturated heterocycles. The van der Waals surface area contributed by atoms with E-state index in [0.29, 0.717) is 16.6 Å². The van der Waals surface area contributed by atoms with E-state index in [0.717, 1.165) is 45.6 Å². The van der Waals surface area contributed by atoms with Gasteiger partial charge in [-0.05, 0) is 73.6 Å². The highest BCUT2D eigenvalue weighted by Gasteiger charge is 2.28. The molecule has 1 atom stereocenters. The van der Waals surface area contributed by atoms with Crippen LogP contribution in [0.25, 0.3) is 0 Å². The number of hydrogen-bond donors (Lipinski definition) is 2. The number of benzene rings is 1. The van der Waals surface area contributed by atoms with E-state index >= 15 is 0 Å². The maximum atomic E-state index is 12.3. The number of carbonyl (C=O) groups excluding carboxylic acids is 1. The number of fused-ring (bicyclic) bond motifs is 1. The van der Waals surface area contributed by atoms with Gasteiger partial charge >= 0.3 is 5.97 Å². The minimum atomic E-state index is -0.304. The highest BCUT2D eigenvalue weighted by atomic mass is 79.9. The van der Waals surface area contributed by atoms with E-state index in [1.54, 1.807) is 11.3 Å². The monoisotopic (exact) mass is 452 g/mol. The van der Waals surface area contributed by atoms with Crippen LogP contribution in [0.5, 0.6) is 0 Å². The molecule has 138 valence electrons. The van der Waals surface area contributed by atoms with Crippen LogP contribution in [0.3, 0.4) is 0 Å². The summed E-state index contributed by atoms with van der Waals surface area (Å²) in [7, 11) is 1.42. The molecule has 4 nitrogen and oxygen atoms in total. The van der Waals surface area contributed by atoms with Gasteiger partial charge in [0.05, 0.1) is 12.7 Å². The Morgan fingerprint density at radius 3 is 2.85 bits per heavy atom. The average Bonchev–Trinajstić information content (AvgIpc) is 2.94. The molecule has 0 spiro atoms. The molecule has 2 aromatic rings. The summed E-state index contributed by atoms with van der Waals surface area (Å²) in [5, 5.41) is 7.62. The van der Waals surface area contributed by atoms with E-state index < -0.39 is 0 Å². The fourth-order valence-electron chi connectivity index (χ4n) is 3.14. The Balaban J connectivity index is 1.83. The van der Waals surface area contributed by atoms with Crippen LogP contribution >= 0.6 is 39.5 Å². The lowest BCUT2D eigenvalue weighted by atomic mass is 9.88. The second-order valence-electron chi connectivity index (χ2n) is 6.59. The smallest absolute Gasteiger partial charge is 0.341 e. The Labute approximate surface area is 171 Å².